The first-order valence-corrected chi connectivity index (χ1v) is 13.2. The predicted molar refractivity (Wildman–Crippen MR) is 99.3 cm³/mol. The second kappa shape index (κ2) is 9.22. The van der Waals surface area contributed by atoms with Crippen LogP contribution in [-0.4, -0.2) is 69.2 Å². The van der Waals surface area contributed by atoms with E-state index in [1.54, 1.807) is 0 Å². The van der Waals surface area contributed by atoms with Gasteiger partial charge < -0.3 is 29.4 Å². The number of phosphoric ester groups is 1. The van der Waals surface area contributed by atoms with Crippen LogP contribution in [-0.2, 0) is 38.0 Å². The maximum Gasteiger partial charge on any atom is 0.490 e. The van der Waals surface area contributed by atoms with Gasteiger partial charge in [0.2, 0.25) is 0 Å². The van der Waals surface area contributed by atoms with Gasteiger partial charge in [0.15, 0.2) is 18.0 Å². The molecule has 5 N–H and O–H groups in total. The van der Waals surface area contributed by atoms with Crippen LogP contribution < -0.4 is 0 Å². The zero-order valence-corrected chi connectivity index (χ0v) is 18.7. The van der Waals surface area contributed by atoms with Crippen molar-refractivity contribution in [2.75, 3.05) is 6.61 Å². The first kappa shape index (κ1) is 25.4. The van der Waals surface area contributed by atoms with E-state index in [1.807, 2.05) is 6.92 Å². The van der Waals surface area contributed by atoms with Crippen molar-refractivity contribution in [2.45, 2.75) is 38.0 Å². The Labute approximate surface area is 178 Å². The number of ether oxygens (including phenoxy) is 1. The average Bonchev–Trinajstić information content (AvgIpc) is 3.19. The molecule has 0 saturated carbocycles. The molecule has 0 aliphatic carbocycles. The van der Waals surface area contributed by atoms with Gasteiger partial charge in [0.1, 0.15) is 24.1 Å². The number of aromatic nitrogens is 4. The van der Waals surface area contributed by atoms with Gasteiger partial charge in [-0.15, -0.1) is 0 Å². The van der Waals surface area contributed by atoms with Gasteiger partial charge in [0.25, 0.3) is 0 Å². The third-order valence-electron chi connectivity index (χ3n) is 4.16. The van der Waals surface area contributed by atoms with Gasteiger partial charge in [-0.1, -0.05) is 6.92 Å². The molecule has 1 aliphatic heterocycles. The van der Waals surface area contributed by atoms with E-state index in [-0.39, 0.29) is 5.65 Å². The standard InChI is InChI=1S/C12H18FN4O12P3/c1-2-6-9-11(15-4-14-6)17(5-16-9)12-8(13)10(18)7(27-12)3-26-31(22,23)29-32(24,25)28-30(19,20)21/h4-5,7-8,10,12,18H,2-3H2,1H3,(H,22,23)(H,24,25)(H2,19,20,21). The minimum atomic E-state index is -5.72. The topological polar surface area (TPSA) is 233 Å². The van der Waals surface area contributed by atoms with E-state index in [9.17, 15) is 28.1 Å². The number of hydrogen-bond donors (Lipinski definition) is 5. The van der Waals surface area contributed by atoms with Crippen LogP contribution in [0, 0.1) is 0 Å². The molecule has 1 aliphatic rings. The number of nitrogens with zero attached hydrogens (tertiary/aromatic N) is 4. The Bertz CT molecular complexity index is 1130. The van der Waals surface area contributed by atoms with Crippen LogP contribution in [0.5, 0.6) is 0 Å². The second-order valence-electron chi connectivity index (χ2n) is 6.38. The number of aliphatic hydroxyl groups excluding tert-OH is 1. The van der Waals surface area contributed by atoms with Crippen molar-refractivity contribution in [3.05, 3.63) is 18.3 Å². The van der Waals surface area contributed by atoms with Crippen molar-refractivity contribution in [1.29, 1.82) is 0 Å². The smallest absolute Gasteiger partial charge is 0.387 e. The van der Waals surface area contributed by atoms with E-state index in [4.69, 9.17) is 19.4 Å². The first-order valence-electron chi connectivity index (χ1n) is 8.65. The summed E-state index contributed by atoms with van der Waals surface area (Å²) in [5.41, 5.74) is 1.19. The molecule has 32 heavy (non-hydrogen) atoms. The van der Waals surface area contributed by atoms with Gasteiger partial charge in [-0.3, -0.25) is 9.09 Å². The lowest BCUT2D eigenvalue weighted by Gasteiger charge is -2.19. The van der Waals surface area contributed by atoms with E-state index >= 15 is 0 Å². The van der Waals surface area contributed by atoms with E-state index in [0.717, 1.165) is 0 Å². The SMILES string of the molecule is CCc1ncnc2c1ncn2C1OC(COP(=O)(O)OP(=O)(O)OP(=O)(O)O)C(O)C1F. The fourth-order valence-electron chi connectivity index (χ4n) is 2.88. The molecule has 180 valence electrons. The van der Waals surface area contributed by atoms with Crippen LogP contribution in [0.3, 0.4) is 0 Å². The molecule has 0 aromatic carbocycles. The highest BCUT2D eigenvalue weighted by molar-refractivity contribution is 7.66. The lowest BCUT2D eigenvalue weighted by molar-refractivity contribution is -0.0450. The molecule has 20 heteroatoms. The fraction of sp³-hybridized carbons (Fsp3) is 0.583. The molecule has 6 atom stereocenters. The summed E-state index contributed by atoms with van der Waals surface area (Å²) in [6.45, 7) is 0.816. The molecule has 2 aromatic heterocycles. The van der Waals surface area contributed by atoms with Gasteiger partial charge in [0.05, 0.1) is 18.6 Å². The molecule has 2 aromatic rings. The number of rotatable bonds is 9. The zero-order chi connectivity index (χ0) is 23.9. The van der Waals surface area contributed by atoms with Gasteiger partial charge in [-0.2, -0.15) is 8.62 Å². The van der Waals surface area contributed by atoms with Crippen LogP contribution in [0.1, 0.15) is 18.8 Å². The molecule has 3 heterocycles. The number of hydrogen-bond acceptors (Lipinski definition) is 11. The molecule has 0 radical (unpaired) electrons. The Hall–Kier alpha value is -1.19. The molecule has 16 nitrogen and oxygen atoms in total. The number of aliphatic hydroxyl groups is 1. The number of halogens is 1. The maximum absolute atomic E-state index is 14.7. The second-order valence-corrected chi connectivity index (χ2v) is 10.8. The molecular formula is C12H18FN4O12P3. The van der Waals surface area contributed by atoms with Crippen molar-refractivity contribution in [1.82, 2.24) is 19.5 Å². The van der Waals surface area contributed by atoms with Crippen molar-refractivity contribution in [3.8, 4) is 0 Å². The van der Waals surface area contributed by atoms with Gasteiger partial charge in [-0.25, -0.2) is 33.0 Å². The Kier molecular flexibility index (Phi) is 7.33. The summed E-state index contributed by atoms with van der Waals surface area (Å²) in [4.78, 5) is 47.8. The Balaban J connectivity index is 1.70. The maximum atomic E-state index is 14.7. The number of imidazole rings is 1. The highest BCUT2D eigenvalue weighted by atomic mass is 31.3. The molecule has 3 rings (SSSR count). The monoisotopic (exact) mass is 522 g/mol. The van der Waals surface area contributed by atoms with Crippen molar-refractivity contribution in [3.63, 3.8) is 0 Å². The summed E-state index contributed by atoms with van der Waals surface area (Å²) in [6, 6.07) is 0. The number of fused-ring (bicyclic) bond motifs is 1. The van der Waals surface area contributed by atoms with E-state index in [1.165, 1.54) is 17.2 Å². The van der Waals surface area contributed by atoms with Gasteiger partial charge >= 0.3 is 23.5 Å². The van der Waals surface area contributed by atoms with Crippen LogP contribution in [0.4, 0.5) is 4.39 Å². The van der Waals surface area contributed by atoms with Gasteiger partial charge in [-0.05, 0) is 6.42 Å². The minimum absolute atomic E-state index is 0.213. The molecule has 6 unspecified atom stereocenters. The summed E-state index contributed by atoms with van der Waals surface area (Å²) in [6.07, 6.45) is -3.95. The Morgan fingerprint density at radius 3 is 2.44 bits per heavy atom. The van der Waals surface area contributed by atoms with E-state index < -0.39 is 54.7 Å². The fourth-order valence-corrected chi connectivity index (χ4v) is 5.91. The van der Waals surface area contributed by atoms with Crippen molar-refractivity contribution >= 4 is 34.6 Å². The molecule has 0 spiro atoms. The van der Waals surface area contributed by atoms with E-state index in [0.29, 0.717) is 17.6 Å². The summed E-state index contributed by atoms with van der Waals surface area (Å²) < 4.78 is 66.5. The average molecular weight is 522 g/mol. The van der Waals surface area contributed by atoms with Gasteiger partial charge in [0, 0.05) is 0 Å². The zero-order valence-electron chi connectivity index (χ0n) is 16.0. The molecule has 1 fully saturated rings. The van der Waals surface area contributed by atoms with Crippen LogP contribution >= 0.6 is 23.5 Å². The molecular weight excluding hydrogens is 504 g/mol. The lowest BCUT2D eigenvalue weighted by atomic mass is 10.1. The summed E-state index contributed by atoms with van der Waals surface area (Å²) in [5, 5.41) is 10.1. The third-order valence-corrected chi connectivity index (χ3v) is 7.96. The van der Waals surface area contributed by atoms with E-state index in [2.05, 4.69) is 28.1 Å². The first-order chi connectivity index (χ1) is 14.7. The number of phosphoric acid groups is 3. The molecule has 0 bridgehead atoms. The predicted octanol–water partition coefficient (Wildman–Crippen LogP) is 0.328. The summed E-state index contributed by atoms with van der Waals surface area (Å²) in [7, 11) is -16.7. The lowest BCUT2D eigenvalue weighted by Crippen LogP contribution is -2.31. The van der Waals surface area contributed by atoms with Crippen molar-refractivity contribution < 1.29 is 60.6 Å². The summed E-state index contributed by atoms with van der Waals surface area (Å²) in [5.74, 6) is 0. The van der Waals surface area contributed by atoms with Crippen LogP contribution in [0.25, 0.3) is 11.2 Å². The quantitative estimate of drug-likeness (QED) is 0.279. The Morgan fingerprint density at radius 2 is 1.81 bits per heavy atom. The highest BCUT2D eigenvalue weighted by Crippen LogP contribution is 2.66. The molecule has 1 saturated heterocycles. The largest absolute Gasteiger partial charge is 0.490 e. The van der Waals surface area contributed by atoms with Crippen LogP contribution in [0.15, 0.2) is 12.7 Å². The van der Waals surface area contributed by atoms with Crippen molar-refractivity contribution in [2.24, 2.45) is 0 Å². The summed E-state index contributed by atoms with van der Waals surface area (Å²) >= 11 is 0. The van der Waals surface area contributed by atoms with Crippen LogP contribution in [0.2, 0.25) is 0 Å². The molecule has 0 amide bonds. The minimum Gasteiger partial charge on any atom is -0.387 e. The number of aryl methyl sites for hydroxylation is 1. The normalized spacial score (nSPS) is 28.0. The third kappa shape index (κ3) is 5.83. The number of alkyl halides is 1. The Morgan fingerprint density at radius 1 is 1.12 bits per heavy atom. The highest BCUT2D eigenvalue weighted by Gasteiger charge is 2.48.